The highest BCUT2D eigenvalue weighted by molar-refractivity contribution is 5.46. The molecule has 0 spiro atoms. The van der Waals surface area contributed by atoms with Gasteiger partial charge in [-0.25, -0.2) is 0 Å². The number of para-hydroxylation sites is 1. The fraction of sp³-hybridized carbons (Fsp3) is 0.412. The van der Waals surface area contributed by atoms with Crippen LogP contribution in [0.4, 0.5) is 0 Å². The number of aromatic nitrogens is 6. The van der Waals surface area contributed by atoms with Crippen molar-refractivity contribution in [2.24, 2.45) is 0 Å². The highest BCUT2D eigenvalue weighted by Gasteiger charge is 2.17. The molecule has 7 heteroatoms. The normalized spacial score (nSPS) is 13.8. The van der Waals surface area contributed by atoms with Gasteiger partial charge in [0.05, 0.1) is 18.3 Å². The number of nitrogens with one attached hydrogen (secondary N) is 1. The van der Waals surface area contributed by atoms with Crippen LogP contribution in [0.1, 0.15) is 36.8 Å². The lowest BCUT2D eigenvalue weighted by atomic mass is 10.1. The van der Waals surface area contributed by atoms with E-state index in [1.165, 1.54) is 0 Å². The van der Waals surface area contributed by atoms with Gasteiger partial charge in [0.2, 0.25) is 0 Å². The Kier molecular flexibility index (Phi) is 4.71. The van der Waals surface area contributed by atoms with Crippen LogP contribution in [0.15, 0.2) is 36.7 Å². The van der Waals surface area contributed by atoms with Crippen molar-refractivity contribution < 1.29 is 0 Å². The maximum Gasteiger partial charge on any atom is 0.170 e. The molecular formula is C17H23N7. The van der Waals surface area contributed by atoms with E-state index in [-0.39, 0.29) is 12.1 Å². The molecule has 2 aromatic heterocycles. The Bertz CT molecular complexity index is 771. The molecule has 126 valence electrons. The summed E-state index contributed by atoms with van der Waals surface area (Å²) in [5.41, 5.74) is 3.36. The summed E-state index contributed by atoms with van der Waals surface area (Å²) in [6.45, 7) is 9.01. The Labute approximate surface area is 141 Å². The Hall–Kier alpha value is -2.54. The first-order valence-corrected chi connectivity index (χ1v) is 8.14. The second-order valence-corrected chi connectivity index (χ2v) is 6.14. The topological polar surface area (TPSA) is 73.5 Å². The van der Waals surface area contributed by atoms with E-state index in [1.54, 1.807) is 6.20 Å². The summed E-state index contributed by atoms with van der Waals surface area (Å²) in [4.78, 5) is 0. The number of tetrazole rings is 1. The summed E-state index contributed by atoms with van der Waals surface area (Å²) in [5.74, 6) is 0.798. The van der Waals surface area contributed by atoms with E-state index >= 15 is 0 Å². The minimum atomic E-state index is 0.230. The summed E-state index contributed by atoms with van der Waals surface area (Å²) < 4.78 is 3.77. The number of nitrogens with zero attached hydrogens (tertiary/aromatic N) is 6. The zero-order chi connectivity index (χ0) is 17.1. The maximum absolute atomic E-state index is 4.30. The quantitative estimate of drug-likeness (QED) is 0.752. The Morgan fingerprint density at radius 3 is 2.54 bits per heavy atom. The molecule has 0 fully saturated rings. The number of benzene rings is 1. The molecule has 2 unspecified atom stereocenters. The Morgan fingerprint density at radius 1 is 1.12 bits per heavy atom. The van der Waals surface area contributed by atoms with Crippen molar-refractivity contribution in [3.8, 4) is 5.69 Å². The van der Waals surface area contributed by atoms with Crippen molar-refractivity contribution >= 4 is 0 Å². The van der Waals surface area contributed by atoms with E-state index in [0.717, 1.165) is 22.6 Å². The van der Waals surface area contributed by atoms with Gasteiger partial charge in [-0.15, -0.1) is 5.10 Å². The third kappa shape index (κ3) is 3.21. The highest BCUT2D eigenvalue weighted by Crippen LogP contribution is 2.18. The Morgan fingerprint density at radius 2 is 1.88 bits per heavy atom. The maximum atomic E-state index is 4.30. The second-order valence-electron chi connectivity index (χ2n) is 6.14. The molecule has 2 heterocycles. The minimum absolute atomic E-state index is 0.230. The average molecular weight is 325 g/mol. The van der Waals surface area contributed by atoms with Crippen molar-refractivity contribution in [1.29, 1.82) is 0 Å². The van der Waals surface area contributed by atoms with Gasteiger partial charge in [0.15, 0.2) is 5.82 Å². The van der Waals surface area contributed by atoms with Gasteiger partial charge in [-0.05, 0) is 55.3 Å². The number of aryl methyl sites for hydroxylation is 2. The number of hydrogen-bond donors (Lipinski definition) is 1. The molecule has 0 bridgehead atoms. The van der Waals surface area contributed by atoms with Gasteiger partial charge in [-0.3, -0.25) is 4.68 Å². The van der Waals surface area contributed by atoms with E-state index < -0.39 is 0 Å². The van der Waals surface area contributed by atoms with Crippen LogP contribution < -0.4 is 5.32 Å². The van der Waals surface area contributed by atoms with E-state index in [1.807, 2.05) is 27.7 Å². The van der Waals surface area contributed by atoms with Gasteiger partial charge in [0.25, 0.3) is 0 Å². The van der Waals surface area contributed by atoms with Crippen molar-refractivity contribution in [3.63, 3.8) is 0 Å². The molecule has 0 saturated carbocycles. The van der Waals surface area contributed by atoms with Gasteiger partial charge >= 0.3 is 0 Å². The second kappa shape index (κ2) is 6.92. The van der Waals surface area contributed by atoms with E-state index in [0.29, 0.717) is 6.54 Å². The smallest absolute Gasteiger partial charge is 0.170 e. The van der Waals surface area contributed by atoms with Crippen molar-refractivity contribution in [3.05, 3.63) is 53.6 Å². The largest absolute Gasteiger partial charge is 0.305 e. The van der Waals surface area contributed by atoms with Crippen LogP contribution >= 0.6 is 0 Å². The van der Waals surface area contributed by atoms with Crippen molar-refractivity contribution in [1.82, 2.24) is 35.3 Å². The first kappa shape index (κ1) is 16.3. The molecule has 0 aliphatic carbocycles. The fourth-order valence-electron chi connectivity index (χ4n) is 2.80. The molecule has 3 rings (SSSR count). The lowest BCUT2D eigenvalue weighted by Gasteiger charge is -2.21. The van der Waals surface area contributed by atoms with Crippen LogP contribution in [0.3, 0.4) is 0 Å². The van der Waals surface area contributed by atoms with Crippen LogP contribution in [0, 0.1) is 13.8 Å². The molecule has 1 N–H and O–H groups in total. The SMILES string of the molecule is Cc1cccc(C)c1-n1nnnc1CNC(C)C(C)n1cccn1. The summed E-state index contributed by atoms with van der Waals surface area (Å²) in [6, 6.07) is 8.60. The predicted molar refractivity (Wildman–Crippen MR) is 91.9 cm³/mol. The lowest BCUT2D eigenvalue weighted by molar-refractivity contribution is 0.361. The molecule has 0 saturated heterocycles. The standard InChI is InChI=1S/C17H23N7/c1-12-7-5-8-13(2)17(12)24-16(20-21-22-24)11-18-14(3)15(4)23-10-6-9-19-23/h5-10,14-15,18H,11H2,1-4H3. The van der Waals surface area contributed by atoms with E-state index in [2.05, 4.69) is 65.8 Å². The summed E-state index contributed by atoms with van der Waals surface area (Å²) in [6.07, 6.45) is 3.77. The third-order valence-corrected chi connectivity index (χ3v) is 4.43. The predicted octanol–water partition coefficient (Wildman–Crippen LogP) is 2.21. The first-order chi connectivity index (χ1) is 11.6. The molecule has 0 aliphatic rings. The van der Waals surface area contributed by atoms with E-state index in [4.69, 9.17) is 0 Å². The van der Waals surface area contributed by atoms with E-state index in [9.17, 15) is 0 Å². The molecule has 7 nitrogen and oxygen atoms in total. The minimum Gasteiger partial charge on any atom is -0.305 e. The lowest BCUT2D eigenvalue weighted by Crippen LogP contribution is -2.34. The third-order valence-electron chi connectivity index (χ3n) is 4.43. The fourth-order valence-corrected chi connectivity index (χ4v) is 2.80. The molecule has 0 radical (unpaired) electrons. The molecule has 2 atom stereocenters. The zero-order valence-corrected chi connectivity index (χ0v) is 14.5. The molecule has 1 aromatic carbocycles. The van der Waals surface area contributed by atoms with Crippen LogP contribution in [0.5, 0.6) is 0 Å². The van der Waals surface area contributed by atoms with Gasteiger partial charge in [0, 0.05) is 18.4 Å². The van der Waals surface area contributed by atoms with Crippen molar-refractivity contribution in [2.45, 2.75) is 46.3 Å². The molecular weight excluding hydrogens is 302 g/mol. The number of rotatable bonds is 6. The zero-order valence-electron chi connectivity index (χ0n) is 14.5. The Balaban J connectivity index is 1.75. The number of hydrogen-bond acceptors (Lipinski definition) is 5. The average Bonchev–Trinajstić information content (AvgIpc) is 3.23. The first-order valence-electron chi connectivity index (χ1n) is 8.14. The van der Waals surface area contributed by atoms with Crippen LogP contribution in [0.25, 0.3) is 5.69 Å². The van der Waals surface area contributed by atoms with Gasteiger partial charge in [0.1, 0.15) is 0 Å². The summed E-state index contributed by atoms with van der Waals surface area (Å²) in [7, 11) is 0. The monoisotopic (exact) mass is 325 g/mol. The molecule has 0 amide bonds. The summed E-state index contributed by atoms with van der Waals surface area (Å²) >= 11 is 0. The molecule has 3 aromatic rings. The molecule has 0 aliphatic heterocycles. The van der Waals surface area contributed by atoms with Crippen molar-refractivity contribution in [2.75, 3.05) is 0 Å². The molecule has 24 heavy (non-hydrogen) atoms. The van der Waals surface area contributed by atoms with Crippen LogP contribution in [-0.2, 0) is 6.54 Å². The highest BCUT2D eigenvalue weighted by atomic mass is 15.5. The van der Waals surface area contributed by atoms with Gasteiger partial charge < -0.3 is 5.32 Å². The van der Waals surface area contributed by atoms with Gasteiger partial charge in [-0.2, -0.15) is 9.78 Å². The van der Waals surface area contributed by atoms with Crippen LogP contribution in [0.2, 0.25) is 0 Å². The van der Waals surface area contributed by atoms with Crippen LogP contribution in [-0.4, -0.2) is 36.0 Å². The summed E-state index contributed by atoms with van der Waals surface area (Å²) in [5, 5.41) is 20.0. The van der Waals surface area contributed by atoms with Gasteiger partial charge in [-0.1, -0.05) is 18.2 Å².